The van der Waals surface area contributed by atoms with Gasteiger partial charge < -0.3 is 10.1 Å². The number of nitrogens with one attached hydrogen (secondary N) is 1. The lowest BCUT2D eigenvalue weighted by Crippen LogP contribution is -2.40. The summed E-state index contributed by atoms with van der Waals surface area (Å²) < 4.78 is 30.1. The minimum atomic E-state index is -3.36. The third-order valence-electron chi connectivity index (χ3n) is 2.62. The molecule has 1 aliphatic heterocycles. The summed E-state index contributed by atoms with van der Waals surface area (Å²) in [7, 11) is -0.316. The Morgan fingerprint density at radius 1 is 1.35 bits per heavy atom. The number of benzene rings is 1. The molecule has 0 spiro atoms. The van der Waals surface area contributed by atoms with Crippen molar-refractivity contribution < 1.29 is 13.2 Å². The van der Waals surface area contributed by atoms with Crippen LogP contribution in [0.25, 0.3) is 0 Å². The van der Waals surface area contributed by atoms with E-state index in [0.717, 1.165) is 5.69 Å². The maximum absolute atomic E-state index is 11.9. The summed E-state index contributed by atoms with van der Waals surface area (Å²) in [5.41, 5.74) is 0.807. The summed E-state index contributed by atoms with van der Waals surface area (Å²) in [4.78, 5) is 0.299. The minimum Gasteiger partial charge on any atom is -0.378 e. The molecule has 1 saturated heterocycles. The first-order chi connectivity index (χ1) is 8.00. The van der Waals surface area contributed by atoms with Gasteiger partial charge in [-0.25, -0.2) is 12.7 Å². The molecule has 1 aromatic carbocycles. The molecule has 94 valence electrons. The van der Waals surface area contributed by atoms with E-state index in [2.05, 4.69) is 5.32 Å². The number of ether oxygens (including phenoxy) is 1. The van der Waals surface area contributed by atoms with E-state index in [1.54, 1.807) is 18.2 Å². The molecule has 1 aromatic rings. The van der Waals surface area contributed by atoms with Crippen molar-refractivity contribution in [2.75, 3.05) is 32.6 Å². The van der Waals surface area contributed by atoms with Crippen molar-refractivity contribution in [3.05, 3.63) is 24.3 Å². The van der Waals surface area contributed by atoms with Crippen LogP contribution in [0.15, 0.2) is 29.2 Å². The Morgan fingerprint density at radius 3 is 2.59 bits per heavy atom. The summed E-state index contributed by atoms with van der Waals surface area (Å²) in [6.07, 6.45) is 0. The van der Waals surface area contributed by atoms with E-state index < -0.39 is 10.0 Å². The quantitative estimate of drug-likeness (QED) is 0.863. The Kier molecular flexibility index (Phi) is 3.37. The molecular weight excluding hydrogens is 240 g/mol. The van der Waals surface area contributed by atoms with Gasteiger partial charge in [-0.15, -0.1) is 0 Å². The van der Waals surface area contributed by atoms with Crippen LogP contribution in [-0.4, -0.2) is 46.1 Å². The monoisotopic (exact) mass is 256 g/mol. The first kappa shape index (κ1) is 12.3. The molecule has 5 nitrogen and oxygen atoms in total. The highest BCUT2D eigenvalue weighted by Gasteiger charge is 2.20. The molecule has 1 heterocycles. The van der Waals surface area contributed by atoms with E-state index in [0.29, 0.717) is 18.1 Å². The summed E-state index contributed by atoms with van der Waals surface area (Å²) >= 11 is 0. The minimum absolute atomic E-state index is 0.285. The lowest BCUT2D eigenvalue weighted by molar-refractivity contribution is 0.0211. The fourth-order valence-electron chi connectivity index (χ4n) is 1.51. The molecule has 0 saturated carbocycles. The molecule has 0 amide bonds. The molecule has 0 aliphatic carbocycles. The van der Waals surface area contributed by atoms with E-state index >= 15 is 0 Å². The summed E-state index contributed by atoms with van der Waals surface area (Å²) in [6, 6.07) is 7.11. The van der Waals surface area contributed by atoms with Gasteiger partial charge in [-0.3, -0.25) is 0 Å². The molecule has 1 N–H and O–H groups in total. The number of rotatable bonds is 4. The van der Waals surface area contributed by atoms with Gasteiger partial charge in [0.25, 0.3) is 0 Å². The molecule has 0 bridgehead atoms. The van der Waals surface area contributed by atoms with Crippen LogP contribution < -0.4 is 5.32 Å². The van der Waals surface area contributed by atoms with Crippen molar-refractivity contribution >= 4 is 15.7 Å². The van der Waals surface area contributed by atoms with Crippen LogP contribution in [0.5, 0.6) is 0 Å². The predicted octanol–water partition coefficient (Wildman–Crippen LogP) is 0.748. The number of nitrogens with zero attached hydrogens (tertiary/aromatic N) is 1. The van der Waals surface area contributed by atoms with Crippen molar-refractivity contribution in [2.24, 2.45) is 0 Å². The Morgan fingerprint density at radius 2 is 2.06 bits per heavy atom. The van der Waals surface area contributed by atoms with Gasteiger partial charge in [0.2, 0.25) is 10.0 Å². The van der Waals surface area contributed by atoms with Gasteiger partial charge in [0.1, 0.15) is 0 Å². The number of sulfonamides is 1. The van der Waals surface area contributed by atoms with Crippen molar-refractivity contribution in [1.29, 1.82) is 0 Å². The molecule has 1 aliphatic rings. The molecule has 0 aromatic heterocycles. The molecular formula is C11H16N2O3S. The van der Waals surface area contributed by atoms with E-state index in [9.17, 15) is 8.42 Å². The van der Waals surface area contributed by atoms with Crippen LogP contribution in [0.4, 0.5) is 5.69 Å². The third-order valence-corrected chi connectivity index (χ3v) is 4.43. The van der Waals surface area contributed by atoms with E-state index in [1.807, 2.05) is 6.07 Å². The van der Waals surface area contributed by atoms with Gasteiger partial charge >= 0.3 is 0 Å². The third kappa shape index (κ3) is 2.59. The molecule has 1 fully saturated rings. The zero-order chi connectivity index (χ0) is 12.5. The average Bonchev–Trinajstić information content (AvgIpc) is 2.24. The molecule has 6 heteroatoms. The highest BCUT2D eigenvalue weighted by Crippen LogP contribution is 2.19. The zero-order valence-electron chi connectivity index (χ0n) is 9.88. The van der Waals surface area contributed by atoms with Crippen LogP contribution in [0.1, 0.15) is 0 Å². The van der Waals surface area contributed by atoms with E-state index in [4.69, 9.17) is 4.74 Å². The van der Waals surface area contributed by atoms with Gasteiger partial charge in [0.15, 0.2) is 0 Å². The van der Waals surface area contributed by atoms with Gasteiger partial charge in [0.05, 0.1) is 24.2 Å². The van der Waals surface area contributed by atoms with Crippen molar-refractivity contribution in [2.45, 2.75) is 10.9 Å². The fourth-order valence-corrected chi connectivity index (χ4v) is 2.46. The van der Waals surface area contributed by atoms with Crippen molar-refractivity contribution in [3.8, 4) is 0 Å². The SMILES string of the molecule is CN(C)S(=O)(=O)c1cccc(NC2COC2)c1. The Labute approximate surface area is 101 Å². The van der Waals surface area contributed by atoms with Crippen LogP contribution in [0, 0.1) is 0 Å². The predicted molar refractivity (Wildman–Crippen MR) is 65.5 cm³/mol. The lowest BCUT2D eigenvalue weighted by atomic mass is 10.2. The first-order valence-corrected chi connectivity index (χ1v) is 6.81. The number of hydrogen-bond acceptors (Lipinski definition) is 4. The number of anilines is 1. The van der Waals surface area contributed by atoms with Gasteiger partial charge in [-0.05, 0) is 18.2 Å². The van der Waals surface area contributed by atoms with E-state index in [1.165, 1.54) is 18.4 Å². The highest BCUT2D eigenvalue weighted by molar-refractivity contribution is 7.89. The van der Waals surface area contributed by atoms with Crippen LogP contribution >= 0.6 is 0 Å². The van der Waals surface area contributed by atoms with E-state index in [-0.39, 0.29) is 6.04 Å². The summed E-state index contributed by atoms with van der Waals surface area (Å²) in [6.45, 7) is 1.34. The second-order valence-electron chi connectivity index (χ2n) is 4.19. The van der Waals surface area contributed by atoms with Crippen molar-refractivity contribution in [1.82, 2.24) is 4.31 Å². The van der Waals surface area contributed by atoms with Crippen molar-refractivity contribution in [3.63, 3.8) is 0 Å². The molecule has 0 radical (unpaired) electrons. The van der Waals surface area contributed by atoms with Crippen LogP contribution in [-0.2, 0) is 14.8 Å². The second-order valence-corrected chi connectivity index (χ2v) is 6.35. The smallest absolute Gasteiger partial charge is 0.242 e. The summed E-state index contributed by atoms with van der Waals surface area (Å²) in [5, 5.41) is 3.22. The first-order valence-electron chi connectivity index (χ1n) is 5.37. The van der Waals surface area contributed by atoms with Gasteiger partial charge in [-0.2, -0.15) is 0 Å². The maximum Gasteiger partial charge on any atom is 0.242 e. The van der Waals surface area contributed by atoms with Gasteiger partial charge in [0, 0.05) is 19.8 Å². The average molecular weight is 256 g/mol. The Balaban J connectivity index is 2.21. The molecule has 0 atom stereocenters. The van der Waals surface area contributed by atoms with Gasteiger partial charge in [-0.1, -0.05) is 6.07 Å². The lowest BCUT2D eigenvalue weighted by Gasteiger charge is -2.28. The fraction of sp³-hybridized carbons (Fsp3) is 0.455. The largest absolute Gasteiger partial charge is 0.378 e. The number of hydrogen-bond donors (Lipinski definition) is 1. The summed E-state index contributed by atoms with van der Waals surface area (Å²) in [5.74, 6) is 0. The Bertz CT molecular complexity index is 495. The maximum atomic E-state index is 11.9. The molecule has 17 heavy (non-hydrogen) atoms. The molecule has 0 unspecified atom stereocenters. The Hall–Kier alpha value is -1.11. The molecule has 2 rings (SSSR count). The highest BCUT2D eigenvalue weighted by atomic mass is 32.2. The normalized spacial score (nSPS) is 16.9. The van der Waals surface area contributed by atoms with Crippen LogP contribution in [0.3, 0.4) is 0 Å². The standard InChI is InChI=1S/C11H16N2O3S/c1-13(2)17(14,15)11-5-3-4-9(6-11)12-10-7-16-8-10/h3-6,10,12H,7-8H2,1-2H3. The second kappa shape index (κ2) is 4.64. The topological polar surface area (TPSA) is 58.6 Å². The zero-order valence-corrected chi connectivity index (χ0v) is 10.7. The van der Waals surface area contributed by atoms with Crippen LogP contribution in [0.2, 0.25) is 0 Å².